The van der Waals surface area contributed by atoms with Crippen LogP contribution in [-0.2, 0) is 40.4 Å². The predicted octanol–water partition coefficient (Wildman–Crippen LogP) is 5.07. The molecule has 0 bridgehead atoms. The molecule has 1 atom stereocenters. The quantitative estimate of drug-likeness (QED) is 0.230. The van der Waals surface area contributed by atoms with Crippen LogP contribution in [0, 0.1) is 0 Å². The minimum atomic E-state index is -4.59. The highest BCUT2D eigenvalue weighted by molar-refractivity contribution is 6.74. The van der Waals surface area contributed by atoms with Gasteiger partial charge >= 0.3 is 11.9 Å². The first-order chi connectivity index (χ1) is 21.8. The Labute approximate surface area is 269 Å². The van der Waals surface area contributed by atoms with Gasteiger partial charge in [0.25, 0.3) is 5.56 Å². The van der Waals surface area contributed by atoms with Gasteiger partial charge in [0.2, 0.25) is 5.91 Å². The van der Waals surface area contributed by atoms with E-state index in [0.29, 0.717) is 5.56 Å². The molecule has 0 saturated carbocycles. The van der Waals surface area contributed by atoms with Gasteiger partial charge in [-0.2, -0.15) is 13.2 Å². The molecule has 1 unspecified atom stereocenters. The highest BCUT2D eigenvalue weighted by Crippen LogP contribution is 2.37. The van der Waals surface area contributed by atoms with E-state index >= 15 is 0 Å². The third kappa shape index (κ3) is 7.27. The van der Waals surface area contributed by atoms with E-state index in [1.807, 2.05) is 13.1 Å². The maximum Gasteiger partial charge on any atom is 0.433 e. The summed E-state index contributed by atoms with van der Waals surface area (Å²) in [6.45, 7) is 12.9. The Kier molecular flexibility index (Phi) is 9.78. The average molecular weight is 674 g/mol. The van der Waals surface area contributed by atoms with Crippen molar-refractivity contribution < 1.29 is 27.2 Å². The first-order valence-electron chi connectivity index (χ1n) is 14.9. The lowest BCUT2D eigenvalue weighted by Crippen LogP contribution is -2.42. The maximum absolute atomic E-state index is 13.8. The second-order valence-electron chi connectivity index (χ2n) is 12.7. The lowest BCUT2D eigenvalue weighted by molar-refractivity contribution is -0.141. The summed E-state index contributed by atoms with van der Waals surface area (Å²) in [4.78, 5) is 65.4. The topological polar surface area (TPSA) is 143 Å². The van der Waals surface area contributed by atoms with Crippen LogP contribution in [0.5, 0.6) is 0 Å². The number of ketones is 1. The van der Waals surface area contributed by atoms with E-state index < -0.39 is 49.9 Å². The van der Waals surface area contributed by atoms with Crippen molar-refractivity contribution in [1.29, 1.82) is 0 Å². The van der Waals surface area contributed by atoms with Crippen LogP contribution in [0.3, 0.4) is 0 Å². The highest BCUT2D eigenvalue weighted by Gasteiger charge is 2.38. The molecule has 47 heavy (non-hydrogen) atoms. The van der Waals surface area contributed by atoms with E-state index in [1.165, 1.54) is 28.3 Å². The van der Waals surface area contributed by atoms with Gasteiger partial charge in [0.05, 0.1) is 18.8 Å². The number of carbonyl (C=O) groups is 2. The van der Waals surface area contributed by atoms with Crippen molar-refractivity contribution in [1.82, 2.24) is 28.7 Å². The standard InChI is InChI=1S/C31H38F3N7O5Si/c1-9-20(42)16-40-28(44)25-26(39(6)29(40)45)38-24(17-46-47(7,8)30(3,4)5)41(25)18(2)27(43)37-23-12-10-11-21(36-23)19-13-14-22(35-15-19)31(32,33)34/h10-15,18H,9,16-17H2,1-8H3,(H,36,37,43). The van der Waals surface area contributed by atoms with Gasteiger partial charge in [-0.1, -0.05) is 33.8 Å². The van der Waals surface area contributed by atoms with Gasteiger partial charge in [-0.05, 0) is 49.3 Å². The summed E-state index contributed by atoms with van der Waals surface area (Å²) in [5.74, 6) is -0.591. The van der Waals surface area contributed by atoms with Crippen LogP contribution >= 0.6 is 0 Å². The molecule has 12 nitrogen and oxygen atoms in total. The van der Waals surface area contributed by atoms with E-state index in [9.17, 15) is 32.3 Å². The van der Waals surface area contributed by atoms with Crippen molar-refractivity contribution >= 4 is 37.0 Å². The number of rotatable bonds is 10. The summed E-state index contributed by atoms with van der Waals surface area (Å²) in [6.07, 6.45) is -3.43. The molecular formula is C31H38F3N7O5Si. The molecule has 252 valence electrons. The van der Waals surface area contributed by atoms with Gasteiger partial charge in [0, 0.05) is 25.2 Å². The summed E-state index contributed by atoms with van der Waals surface area (Å²) in [5.41, 5.74) is -1.99. The number of amides is 1. The lowest BCUT2D eigenvalue weighted by Gasteiger charge is -2.36. The molecule has 4 aromatic heterocycles. The first-order valence-corrected chi connectivity index (χ1v) is 17.9. The maximum atomic E-state index is 13.8. The zero-order valence-electron chi connectivity index (χ0n) is 27.5. The van der Waals surface area contributed by atoms with Crippen LogP contribution in [0.2, 0.25) is 18.1 Å². The summed E-state index contributed by atoms with van der Waals surface area (Å²) in [6, 6.07) is 5.63. The molecule has 4 rings (SSSR count). The van der Waals surface area contributed by atoms with Crippen molar-refractivity contribution in [3.8, 4) is 11.3 Å². The minimum absolute atomic E-state index is 0.0311. The van der Waals surface area contributed by atoms with Gasteiger partial charge in [-0.25, -0.2) is 14.8 Å². The molecule has 16 heteroatoms. The number of alkyl halides is 3. The van der Waals surface area contributed by atoms with Crippen molar-refractivity contribution in [2.24, 2.45) is 7.05 Å². The number of aryl methyl sites for hydroxylation is 1. The van der Waals surface area contributed by atoms with Gasteiger partial charge in [-0.3, -0.25) is 28.5 Å². The summed E-state index contributed by atoms with van der Waals surface area (Å²) in [7, 11) is -0.905. The first kappa shape index (κ1) is 35.4. The van der Waals surface area contributed by atoms with Crippen molar-refractivity contribution in [3.63, 3.8) is 0 Å². The Morgan fingerprint density at radius 3 is 2.32 bits per heavy atom. The molecule has 4 aromatic rings. The van der Waals surface area contributed by atoms with E-state index in [1.54, 1.807) is 26.0 Å². The molecule has 4 heterocycles. The van der Waals surface area contributed by atoms with E-state index in [4.69, 9.17) is 4.43 Å². The van der Waals surface area contributed by atoms with Crippen LogP contribution in [0.15, 0.2) is 46.1 Å². The number of nitrogens with zero attached hydrogens (tertiary/aromatic N) is 6. The summed E-state index contributed by atoms with van der Waals surface area (Å²) >= 11 is 0. The number of halogens is 3. The fourth-order valence-corrected chi connectivity index (χ4v) is 5.44. The normalized spacial score (nSPS) is 13.2. The molecule has 1 amide bonds. The molecule has 0 spiro atoms. The molecule has 0 aliphatic carbocycles. The number of fused-ring (bicyclic) bond motifs is 1. The Hall–Kier alpha value is -4.44. The van der Waals surface area contributed by atoms with E-state index in [-0.39, 0.29) is 52.3 Å². The van der Waals surface area contributed by atoms with E-state index in [2.05, 4.69) is 41.0 Å². The number of pyridine rings is 2. The molecular weight excluding hydrogens is 635 g/mol. The number of carbonyl (C=O) groups excluding carboxylic acids is 2. The van der Waals surface area contributed by atoms with Crippen LogP contribution in [0.1, 0.15) is 58.6 Å². The SMILES string of the molecule is CCC(=O)Cn1c(=O)c2c(nc(CO[Si](C)(C)C(C)(C)C)n2C(C)C(=O)Nc2cccc(-c3ccc(C(F)(F)F)nc3)n2)n(C)c1=O. The molecule has 0 saturated heterocycles. The molecule has 0 aliphatic heterocycles. The number of anilines is 1. The van der Waals surface area contributed by atoms with Gasteiger partial charge in [0.1, 0.15) is 23.4 Å². The van der Waals surface area contributed by atoms with Crippen molar-refractivity contribution in [3.05, 3.63) is 68.9 Å². The number of hydrogen-bond acceptors (Lipinski definition) is 8. The Morgan fingerprint density at radius 1 is 1.06 bits per heavy atom. The number of nitrogens with one attached hydrogen (secondary N) is 1. The van der Waals surface area contributed by atoms with Crippen LogP contribution in [0.4, 0.5) is 19.0 Å². The molecule has 0 aromatic carbocycles. The van der Waals surface area contributed by atoms with Gasteiger partial charge in [-0.15, -0.1) is 0 Å². The lowest BCUT2D eigenvalue weighted by atomic mass is 10.1. The Balaban J connectivity index is 1.77. The van der Waals surface area contributed by atoms with Gasteiger partial charge in [0.15, 0.2) is 25.3 Å². The average Bonchev–Trinajstić information content (AvgIpc) is 3.39. The molecule has 0 aliphatic rings. The predicted molar refractivity (Wildman–Crippen MR) is 172 cm³/mol. The molecule has 1 N–H and O–H groups in total. The Morgan fingerprint density at radius 2 is 1.74 bits per heavy atom. The monoisotopic (exact) mass is 673 g/mol. The van der Waals surface area contributed by atoms with Crippen LogP contribution in [-0.4, -0.2) is 48.7 Å². The second-order valence-corrected chi connectivity index (χ2v) is 17.6. The third-order valence-corrected chi connectivity index (χ3v) is 12.9. The molecule has 0 radical (unpaired) electrons. The number of aromatic nitrogens is 6. The fourth-order valence-electron chi connectivity index (χ4n) is 4.52. The fraction of sp³-hybridized carbons (Fsp3) is 0.452. The Bertz CT molecular complexity index is 1940. The molecule has 0 fully saturated rings. The zero-order chi connectivity index (χ0) is 35.1. The summed E-state index contributed by atoms with van der Waals surface area (Å²) in [5, 5.41) is 2.54. The van der Waals surface area contributed by atoms with E-state index in [0.717, 1.165) is 16.8 Å². The summed E-state index contributed by atoms with van der Waals surface area (Å²) < 4.78 is 48.7. The second kappa shape index (κ2) is 13.0. The zero-order valence-corrected chi connectivity index (χ0v) is 28.5. The number of imidazole rings is 1. The van der Waals surface area contributed by atoms with Crippen molar-refractivity contribution in [2.75, 3.05) is 5.32 Å². The third-order valence-electron chi connectivity index (χ3n) is 8.46. The highest BCUT2D eigenvalue weighted by atomic mass is 28.4. The van der Waals surface area contributed by atoms with Crippen LogP contribution in [0.25, 0.3) is 22.4 Å². The number of Topliss-reactive ketones (excluding diaryl/α,β-unsaturated/α-hetero) is 1. The van der Waals surface area contributed by atoms with Gasteiger partial charge < -0.3 is 14.3 Å². The minimum Gasteiger partial charge on any atom is -0.409 e. The largest absolute Gasteiger partial charge is 0.433 e. The smallest absolute Gasteiger partial charge is 0.409 e. The number of hydrogen-bond donors (Lipinski definition) is 1. The van der Waals surface area contributed by atoms with Crippen LogP contribution < -0.4 is 16.6 Å². The van der Waals surface area contributed by atoms with Crippen molar-refractivity contribution in [2.45, 2.75) is 84.5 Å².